The van der Waals surface area contributed by atoms with Crippen molar-refractivity contribution in [1.29, 1.82) is 0 Å². The van der Waals surface area contributed by atoms with Crippen LogP contribution in [0.1, 0.15) is 40.9 Å². The van der Waals surface area contributed by atoms with Gasteiger partial charge in [0, 0.05) is 18.4 Å². The maximum absolute atomic E-state index is 12.5. The molecule has 1 aliphatic rings. The number of nitrogens with zero attached hydrogens (tertiary/aromatic N) is 3. The van der Waals surface area contributed by atoms with Gasteiger partial charge in [-0.2, -0.15) is 5.10 Å². The summed E-state index contributed by atoms with van der Waals surface area (Å²) in [5, 5.41) is 7.24. The van der Waals surface area contributed by atoms with Gasteiger partial charge < -0.3 is 10.1 Å². The first-order valence-corrected chi connectivity index (χ1v) is 10.5. The monoisotopic (exact) mass is 404 g/mol. The van der Waals surface area contributed by atoms with Gasteiger partial charge in [0.15, 0.2) is 12.4 Å². The summed E-state index contributed by atoms with van der Waals surface area (Å²) in [5.74, 6) is 0.581. The summed E-state index contributed by atoms with van der Waals surface area (Å²) in [7, 11) is 0. The van der Waals surface area contributed by atoms with E-state index in [2.05, 4.69) is 27.4 Å². The number of likely N-dealkylation sites (tertiary alicyclic amines) is 1. The Morgan fingerprint density at radius 1 is 1.03 bits per heavy atom. The summed E-state index contributed by atoms with van der Waals surface area (Å²) < 4.78 is 7.39. The molecule has 6 nitrogen and oxygen atoms in total. The minimum absolute atomic E-state index is 0.228. The van der Waals surface area contributed by atoms with Crippen LogP contribution in [0.2, 0.25) is 0 Å². The predicted molar refractivity (Wildman–Crippen MR) is 118 cm³/mol. The van der Waals surface area contributed by atoms with E-state index in [9.17, 15) is 4.79 Å². The second-order valence-electron chi connectivity index (χ2n) is 7.77. The second-order valence-corrected chi connectivity index (χ2v) is 7.77. The molecule has 30 heavy (non-hydrogen) atoms. The second kappa shape index (κ2) is 9.59. The number of piperidine rings is 1. The molecule has 1 fully saturated rings. The normalized spacial score (nSPS) is 14.4. The Kier molecular flexibility index (Phi) is 6.44. The van der Waals surface area contributed by atoms with Crippen molar-refractivity contribution in [1.82, 2.24) is 14.7 Å². The number of benzene rings is 2. The van der Waals surface area contributed by atoms with Gasteiger partial charge in [-0.05, 0) is 68.2 Å². The van der Waals surface area contributed by atoms with Crippen LogP contribution in [-0.4, -0.2) is 33.7 Å². The van der Waals surface area contributed by atoms with Crippen LogP contribution in [0.15, 0.2) is 60.8 Å². The standard InChI is InChI=1S/C24H28N4O2/c1-19-7-3-4-8-23(19)30-18-28-16-13-22(26-28)24(29)25-21-11-9-20(10-12-21)17-27-14-5-2-6-15-27/h3-4,7-13,16H,2,5-6,14-15,17-18H2,1H3,(H,25,29). The summed E-state index contributed by atoms with van der Waals surface area (Å²) in [6, 6.07) is 17.6. The molecule has 2 aromatic carbocycles. The number of para-hydroxylation sites is 1. The lowest BCUT2D eigenvalue weighted by atomic mass is 10.1. The molecule has 0 aliphatic carbocycles. The zero-order valence-electron chi connectivity index (χ0n) is 17.4. The van der Waals surface area contributed by atoms with Crippen LogP contribution in [0.4, 0.5) is 5.69 Å². The molecule has 156 valence electrons. The summed E-state index contributed by atoms with van der Waals surface area (Å²) in [4.78, 5) is 15.0. The van der Waals surface area contributed by atoms with Crippen molar-refractivity contribution in [3.8, 4) is 5.75 Å². The molecule has 1 aliphatic heterocycles. The summed E-state index contributed by atoms with van der Waals surface area (Å²) in [6.07, 6.45) is 5.66. The fourth-order valence-corrected chi connectivity index (χ4v) is 3.67. The van der Waals surface area contributed by atoms with Crippen molar-refractivity contribution in [2.24, 2.45) is 0 Å². The Morgan fingerprint density at radius 3 is 2.57 bits per heavy atom. The van der Waals surface area contributed by atoms with E-state index in [0.29, 0.717) is 5.69 Å². The van der Waals surface area contributed by atoms with E-state index in [4.69, 9.17) is 4.74 Å². The van der Waals surface area contributed by atoms with Gasteiger partial charge >= 0.3 is 0 Å². The topological polar surface area (TPSA) is 59.4 Å². The SMILES string of the molecule is Cc1ccccc1OCn1ccc(C(=O)Nc2ccc(CN3CCCCC3)cc2)n1. The zero-order valence-corrected chi connectivity index (χ0v) is 17.4. The van der Waals surface area contributed by atoms with E-state index < -0.39 is 0 Å². The number of carbonyl (C=O) groups is 1. The largest absolute Gasteiger partial charge is 0.471 e. The first-order chi connectivity index (χ1) is 14.7. The predicted octanol–water partition coefficient (Wildman–Crippen LogP) is 4.47. The Hall–Kier alpha value is -3.12. The van der Waals surface area contributed by atoms with Crippen LogP contribution in [0.3, 0.4) is 0 Å². The molecule has 1 saturated heterocycles. The van der Waals surface area contributed by atoms with E-state index in [1.54, 1.807) is 16.9 Å². The van der Waals surface area contributed by atoms with Crippen LogP contribution in [0.5, 0.6) is 5.75 Å². The number of aromatic nitrogens is 2. The van der Waals surface area contributed by atoms with E-state index in [0.717, 1.165) is 23.5 Å². The molecular weight excluding hydrogens is 376 g/mol. The Labute approximate surface area is 177 Å². The molecule has 0 saturated carbocycles. The van der Waals surface area contributed by atoms with Gasteiger partial charge in [0.25, 0.3) is 5.91 Å². The molecule has 6 heteroatoms. The van der Waals surface area contributed by atoms with Gasteiger partial charge in [0.2, 0.25) is 0 Å². The van der Waals surface area contributed by atoms with E-state index in [1.165, 1.54) is 37.9 Å². The highest BCUT2D eigenvalue weighted by Crippen LogP contribution is 2.17. The number of aryl methyl sites for hydroxylation is 1. The van der Waals surface area contributed by atoms with Crippen molar-refractivity contribution in [3.63, 3.8) is 0 Å². The summed E-state index contributed by atoms with van der Waals surface area (Å²) in [5.41, 5.74) is 3.47. The number of nitrogens with one attached hydrogen (secondary N) is 1. The maximum atomic E-state index is 12.5. The van der Waals surface area contributed by atoms with Crippen LogP contribution >= 0.6 is 0 Å². The van der Waals surface area contributed by atoms with Crippen molar-refractivity contribution in [2.75, 3.05) is 18.4 Å². The van der Waals surface area contributed by atoms with Crippen LogP contribution in [-0.2, 0) is 13.3 Å². The van der Waals surface area contributed by atoms with Crippen molar-refractivity contribution in [2.45, 2.75) is 39.5 Å². The van der Waals surface area contributed by atoms with Crippen LogP contribution in [0.25, 0.3) is 0 Å². The lowest BCUT2D eigenvalue weighted by Gasteiger charge is -2.26. The number of carbonyl (C=O) groups excluding carboxylic acids is 1. The molecule has 0 radical (unpaired) electrons. The summed E-state index contributed by atoms with van der Waals surface area (Å²) >= 11 is 0. The molecule has 0 spiro atoms. The third kappa shape index (κ3) is 5.27. The lowest BCUT2D eigenvalue weighted by molar-refractivity contribution is 0.102. The molecule has 4 rings (SSSR count). The third-order valence-corrected chi connectivity index (χ3v) is 5.39. The highest BCUT2D eigenvalue weighted by atomic mass is 16.5. The van der Waals surface area contributed by atoms with E-state index >= 15 is 0 Å². The number of rotatable bonds is 7. The molecule has 3 aromatic rings. The van der Waals surface area contributed by atoms with E-state index in [1.807, 2.05) is 43.3 Å². The van der Waals surface area contributed by atoms with Gasteiger partial charge in [0.05, 0.1) is 0 Å². The average molecular weight is 405 g/mol. The highest BCUT2D eigenvalue weighted by Gasteiger charge is 2.12. The Morgan fingerprint density at radius 2 is 1.80 bits per heavy atom. The van der Waals surface area contributed by atoms with Gasteiger partial charge in [-0.15, -0.1) is 0 Å². The number of hydrogen-bond acceptors (Lipinski definition) is 4. The molecule has 1 aromatic heterocycles. The van der Waals surface area contributed by atoms with Crippen molar-refractivity contribution >= 4 is 11.6 Å². The molecule has 1 N–H and O–H groups in total. The van der Waals surface area contributed by atoms with Gasteiger partial charge in [-0.1, -0.05) is 36.8 Å². The average Bonchev–Trinajstić information content (AvgIpc) is 3.25. The molecule has 1 amide bonds. The zero-order chi connectivity index (χ0) is 20.8. The third-order valence-electron chi connectivity index (χ3n) is 5.39. The number of anilines is 1. The highest BCUT2D eigenvalue weighted by molar-refractivity contribution is 6.02. The lowest BCUT2D eigenvalue weighted by Crippen LogP contribution is -2.29. The molecule has 0 unspecified atom stereocenters. The number of amides is 1. The molecule has 0 atom stereocenters. The molecule has 2 heterocycles. The Bertz CT molecular complexity index is 975. The number of ether oxygens (including phenoxy) is 1. The maximum Gasteiger partial charge on any atom is 0.276 e. The van der Waals surface area contributed by atoms with Gasteiger partial charge in [-0.25, -0.2) is 4.68 Å². The minimum Gasteiger partial charge on any atom is -0.471 e. The summed E-state index contributed by atoms with van der Waals surface area (Å²) in [6.45, 7) is 5.57. The minimum atomic E-state index is -0.228. The first kappa shape index (κ1) is 20.2. The van der Waals surface area contributed by atoms with Gasteiger partial charge in [0.1, 0.15) is 5.75 Å². The number of hydrogen-bond donors (Lipinski definition) is 1. The van der Waals surface area contributed by atoms with Crippen molar-refractivity contribution < 1.29 is 9.53 Å². The fraction of sp³-hybridized carbons (Fsp3) is 0.333. The smallest absolute Gasteiger partial charge is 0.276 e. The molecular formula is C24H28N4O2. The Balaban J connectivity index is 1.30. The van der Waals surface area contributed by atoms with Crippen LogP contribution in [0, 0.1) is 6.92 Å². The van der Waals surface area contributed by atoms with E-state index in [-0.39, 0.29) is 12.6 Å². The first-order valence-electron chi connectivity index (χ1n) is 10.5. The van der Waals surface area contributed by atoms with Crippen molar-refractivity contribution in [3.05, 3.63) is 77.6 Å². The van der Waals surface area contributed by atoms with Crippen LogP contribution < -0.4 is 10.1 Å². The molecule has 0 bridgehead atoms. The fourth-order valence-electron chi connectivity index (χ4n) is 3.67. The van der Waals surface area contributed by atoms with Gasteiger partial charge in [-0.3, -0.25) is 9.69 Å². The quantitative estimate of drug-likeness (QED) is 0.631.